The maximum atomic E-state index is 13.8. The molecule has 2 aliphatic heterocycles. The molecule has 1 saturated heterocycles. The smallest absolute Gasteiger partial charge is 0.287 e. The Morgan fingerprint density at radius 1 is 1.22 bits per heavy atom. The Morgan fingerprint density at radius 3 is 2.58 bits per heavy atom. The van der Waals surface area contributed by atoms with Crippen LogP contribution in [0.25, 0.3) is 0 Å². The Balaban J connectivity index is 1.48. The highest BCUT2D eigenvalue weighted by Crippen LogP contribution is 2.54. The number of nitrogens with one attached hydrogen (secondary N) is 2. The van der Waals surface area contributed by atoms with Gasteiger partial charge in [-0.2, -0.15) is 8.42 Å². The van der Waals surface area contributed by atoms with Crippen molar-refractivity contribution in [2.75, 3.05) is 18.1 Å². The summed E-state index contributed by atoms with van der Waals surface area (Å²) < 4.78 is 55.6. The number of nitrogens with zero attached hydrogens (tertiary/aromatic N) is 2. The molecule has 0 spiro atoms. The van der Waals surface area contributed by atoms with Crippen LogP contribution in [-0.2, 0) is 36.2 Å². The van der Waals surface area contributed by atoms with Gasteiger partial charge in [-0.05, 0) is 48.3 Å². The minimum atomic E-state index is -4.25. The van der Waals surface area contributed by atoms with Crippen LogP contribution in [0.15, 0.2) is 14.7 Å². The standard InChI is InChI=1S/C23H32N4O6S3/c1-23(2,3)7-8-27-17-13-6-5-12(9-13)15(17)18(28)16(22(27)29)20-25-21-19(36(32,33)26-20)14(11-34-21)10-24-35(4,30)31/h11-13,15-17,24H,5-10H2,1-4H3,(H,25,26)/t12-,13+,15-,16?,17+/m1/s1. The molecule has 1 aromatic heterocycles. The van der Waals surface area contributed by atoms with Gasteiger partial charge in [0.25, 0.3) is 10.0 Å². The van der Waals surface area contributed by atoms with E-state index in [-0.39, 0.29) is 62.8 Å². The molecule has 36 heavy (non-hydrogen) atoms. The summed E-state index contributed by atoms with van der Waals surface area (Å²) in [6, 6.07) is -0.117. The predicted molar refractivity (Wildman–Crippen MR) is 137 cm³/mol. The number of ketones is 1. The number of Topliss-reactive ketones (excluding diaryl/α,β-unsaturated/α-hetero) is 1. The van der Waals surface area contributed by atoms with Crippen molar-refractivity contribution in [2.45, 2.75) is 63.9 Å². The zero-order valence-electron chi connectivity index (χ0n) is 20.8. The maximum Gasteiger partial charge on any atom is 0.287 e. The van der Waals surface area contributed by atoms with Crippen LogP contribution < -0.4 is 10.0 Å². The van der Waals surface area contributed by atoms with E-state index in [1.165, 1.54) is 5.38 Å². The van der Waals surface area contributed by atoms with Crippen molar-refractivity contribution in [3.05, 3.63) is 10.9 Å². The van der Waals surface area contributed by atoms with Crippen LogP contribution in [0, 0.1) is 29.1 Å². The summed E-state index contributed by atoms with van der Waals surface area (Å²) in [6.07, 6.45) is 4.65. The van der Waals surface area contributed by atoms with Crippen LogP contribution in [0.4, 0.5) is 5.00 Å². The van der Waals surface area contributed by atoms with Crippen molar-refractivity contribution in [3.63, 3.8) is 0 Å². The first-order chi connectivity index (χ1) is 16.7. The van der Waals surface area contributed by atoms with Gasteiger partial charge in [-0.25, -0.2) is 13.1 Å². The molecule has 198 valence electrons. The second-order valence-electron chi connectivity index (χ2n) is 11.6. The number of amidine groups is 1. The lowest BCUT2D eigenvalue weighted by molar-refractivity contribution is -0.152. The fraction of sp³-hybridized carbons (Fsp3) is 0.696. The first kappa shape index (κ1) is 25.8. The van der Waals surface area contributed by atoms with E-state index < -0.39 is 26.0 Å². The highest BCUT2D eigenvalue weighted by atomic mass is 32.2. The molecule has 1 unspecified atom stereocenters. The van der Waals surface area contributed by atoms with Crippen molar-refractivity contribution >= 4 is 53.9 Å². The van der Waals surface area contributed by atoms with E-state index in [1.54, 1.807) is 0 Å². The number of likely N-dealkylation sites (tertiary alicyclic amines) is 1. The van der Waals surface area contributed by atoms with Crippen molar-refractivity contribution in [1.82, 2.24) is 9.62 Å². The van der Waals surface area contributed by atoms with Gasteiger partial charge in [-0.3, -0.25) is 9.59 Å². The van der Waals surface area contributed by atoms with Crippen LogP contribution in [0.5, 0.6) is 0 Å². The van der Waals surface area contributed by atoms with E-state index in [4.69, 9.17) is 0 Å². The van der Waals surface area contributed by atoms with Gasteiger partial charge in [0.15, 0.2) is 11.7 Å². The van der Waals surface area contributed by atoms with Gasteiger partial charge in [0.2, 0.25) is 15.9 Å². The number of carbonyl (C=O) groups is 2. The monoisotopic (exact) mass is 556 g/mol. The fourth-order valence-electron chi connectivity index (χ4n) is 6.23. The van der Waals surface area contributed by atoms with Gasteiger partial charge in [0.1, 0.15) is 15.7 Å². The number of carbonyl (C=O) groups excluding carboxylic acids is 2. The molecule has 10 nitrogen and oxygen atoms in total. The van der Waals surface area contributed by atoms with Crippen molar-refractivity contribution < 1.29 is 26.4 Å². The SMILES string of the molecule is CC(C)(C)CCN1C(=O)C(C2=NS(=O)(=O)c3c(CNS(C)(=O)=O)csc3N2)C(=O)[C@@H]2[C@@H]3CC[C@@H](C3)[C@@H]21. The first-order valence-electron chi connectivity index (χ1n) is 12.2. The second-order valence-corrected chi connectivity index (χ2v) is 15.9. The zero-order valence-corrected chi connectivity index (χ0v) is 23.2. The minimum Gasteiger partial charge on any atom is -0.338 e. The summed E-state index contributed by atoms with van der Waals surface area (Å²) in [5.74, 6) is -1.81. The lowest BCUT2D eigenvalue weighted by atomic mass is 9.72. The third-order valence-corrected chi connectivity index (χ3v) is 11.0. The van der Waals surface area contributed by atoms with Gasteiger partial charge in [0, 0.05) is 30.6 Å². The van der Waals surface area contributed by atoms with Crippen molar-refractivity contribution in [3.8, 4) is 0 Å². The molecule has 1 aromatic rings. The quantitative estimate of drug-likeness (QED) is 0.512. The van der Waals surface area contributed by atoms with Gasteiger partial charge in [0.05, 0.1) is 6.26 Å². The molecular weight excluding hydrogens is 524 g/mol. The number of anilines is 1. The van der Waals surface area contributed by atoms with Crippen LogP contribution in [0.1, 0.15) is 52.0 Å². The molecule has 13 heteroatoms. The number of amides is 1. The number of rotatable bonds is 6. The molecule has 1 amide bonds. The van der Waals surface area contributed by atoms with Crippen molar-refractivity contribution in [2.24, 2.45) is 33.5 Å². The van der Waals surface area contributed by atoms with Crippen molar-refractivity contribution in [1.29, 1.82) is 0 Å². The molecule has 3 fully saturated rings. The molecule has 2 N–H and O–H groups in total. The van der Waals surface area contributed by atoms with Gasteiger partial charge in [-0.1, -0.05) is 20.8 Å². The number of hydrogen-bond donors (Lipinski definition) is 2. The molecule has 2 aliphatic carbocycles. The van der Waals surface area contributed by atoms with E-state index >= 15 is 0 Å². The normalized spacial score (nSPS) is 31.2. The summed E-state index contributed by atoms with van der Waals surface area (Å²) in [5.41, 5.74) is 0.258. The van der Waals surface area contributed by atoms with E-state index in [1.807, 2.05) is 4.90 Å². The summed E-state index contributed by atoms with van der Waals surface area (Å²) in [7, 11) is -7.78. The predicted octanol–water partition coefficient (Wildman–Crippen LogP) is 2.19. The summed E-state index contributed by atoms with van der Waals surface area (Å²) in [6.45, 7) is 6.63. The number of fused-ring (bicyclic) bond motifs is 6. The Morgan fingerprint density at radius 2 is 1.92 bits per heavy atom. The van der Waals surface area contributed by atoms with Gasteiger partial charge in [-0.15, -0.1) is 15.7 Å². The average Bonchev–Trinajstić information content (AvgIpc) is 3.45. The van der Waals surface area contributed by atoms with Crippen LogP contribution in [-0.4, -0.2) is 58.1 Å². The van der Waals surface area contributed by atoms with Crippen LogP contribution >= 0.6 is 11.3 Å². The Kier molecular flexibility index (Phi) is 6.17. The van der Waals surface area contributed by atoms with E-state index in [9.17, 15) is 26.4 Å². The molecule has 0 radical (unpaired) electrons. The van der Waals surface area contributed by atoms with Gasteiger partial charge >= 0.3 is 0 Å². The lowest BCUT2D eigenvalue weighted by Crippen LogP contribution is -2.62. The minimum absolute atomic E-state index is 0.00340. The maximum absolute atomic E-state index is 13.8. The lowest BCUT2D eigenvalue weighted by Gasteiger charge is -2.46. The van der Waals surface area contributed by atoms with E-state index in [0.29, 0.717) is 12.5 Å². The number of sulfonamides is 2. The molecule has 2 bridgehead atoms. The summed E-state index contributed by atoms with van der Waals surface area (Å²) >= 11 is 1.08. The number of piperidine rings is 1. The van der Waals surface area contributed by atoms with Crippen LogP contribution in [0.2, 0.25) is 0 Å². The summed E-state index contributed by atoms with van der Waals surface area (Å²) in [5, 5.41) is 4.74. The Bertz CT molecular complexity index is 1360. The summed E-state index contributed by atoms with van der Waals surface area (Å²) in [4.78, 5) is 29.3. The van der Waals surface area contributed by atoms with Crippen LogP contribution in [0.3, 0.4) is 0 Å². The first-order valence-corrected chi connectivity index (χ1v) is 16.4. The zero-order chi connectivity index (χ0) is 26.2. The number of hydrogen-bond acceptors (Lipinski definition) is 8. The molecule has 4 aliphatic rings. The molecule has 5 atom stereocenters. The second kappa shape index (κ2) is 8.60. The Hall–Kier alpha value is -1.83. The number of thiophene rings is 1. The molecule has 0 aromatic carbocycles. The molecule has 5 rings (SSSR count). The third kappa shape index (κ3) is 4.52. The average molecular weight is 557 g/mol. The highest BCUT2D eigenvalue weighted by Gasteiger charge is 2.60. The largest absolute Gasteiger partial charge is 0.338 e. The highest BCUT2D eigenvalue weighted by molar-refractivity contribution is 7.91. The molecule has 3 heterocycles. The third-order valence-electron chi connectivity index (χ3n) is 7.81. The van der Waals surface area contributed by atoms with E-state index in [2.05, 4.69) is 35.2 Å². The Labute approximate surface area is 216 Å². The molecular formula is C23H32N4O6S3. The fourth-order valence-corrected chi connectivity index (χ4v) is 9.29. The van der Waals surface area contributed by atoms with Gasteiger partial charge < -0.3 is 10.2 Å². The molecule has 2 saturated carbocycles. The topological polar surface area (TPSA) is 142 Å². The van der Waals surface area contributed by atoms with E-state index in [0.717, 1.165) is 43.3 Å².